The molecule has 4 nitrogen and oxygen atoms in total. The molecule has 1 saturated heterocycles. The molecule has 0 aliphatic carbocycles. The van der Waals surface area contributed by atoms with E-state index in [2.05, 4.69) is 4.90 Å². The molecule has 0 saturated carbocycles. The van der Waals surface area contributed by atoms with Crippen LogP contribution in [-0.2, 0) is 4.79 Å². The lowest BCUT2D eigenvalue weighted by molar-refractivity contribution is -0.132. The van der Waals surface area contributed by atoms with Crippen LogP contribution >= 0.6 is 0 Å². The molecule has 1 amide bonds. The number of hydrogen-bond acceptors (Lipinski definition) is 3. The van der Waals surface area contributed by atoms with Gasteiger partial charge in [-0.2, -0.15) is 5.26 Å². The summed E-state index contributed by atoms with van der Waals surface area (Å²) >= 11 is 0. The second kappa shape index (κ2) is 4.43. The Morgan fingerprint density at radius 1 is 1.64 bits per heavy atom. The van der Waals surface area contributed by atoms with E-state index in [4.69, 9.17) is 5.26 Å². The third kappa shape index (κ3) is 2.24. The summed E-state index contributed by atoms with van der Waals surface area (Å²) in [6.45, 7) is 3.21. The minimum Gasteiger partial charge on any atom is -0.340 e. The van der Waals surface area contributed by atoms with Crippen LogP contribution in [0.1, 0.15) is 13.3 Å². The Kier molecular flexibility index (Phi) is 3.48. The molecule has 14 heavy (non-hydrogen) atoms. The van der Waals surface area contributed by atoms with Crippen LogP contribution in [0.15, 0.2) is 0 Å². The Labute approximate surface area is 85.1 Å². The van der Waals surface area contributed by atoms with Gasteiger partial charge in [0.15, 0.2) is 0 Å². The maximum Gasteiger partial charge on any atom is 0.239 e. The number of hydrogen-bond donors (Lipinski definition) is 0. The van der Waals surface area contributed by atoms with Gasteiger partial charge in [-0.3, -0.25) is 4.79 Å². The predicted molar refractivity (Wildman–Crippen MR) is 53.4 cm³/mol. The summed E-state index contributed by atoms with van der Waals surface area (Å²) in [6.07, 6.45) is 1.01. The Morgan fingerprint density at radius 2 is 2.29 bits per heavy atom. The molecule has 1 rings (SSSR count). The lowest BCUT2D eigenvalue weighted by atomic mass is 10.2. The lowest BCUT2D eigenvalue weighted by Gasteiger charge is -2.20. The van der Waals surface area contributed by atoms with E-state index in [0.29, 0.717) is 6.04 Å². The van der Waals surface area contributed by atoms with Crippen LogP contribution in [0.2, 0.25) is 0 Å². The number of carbonyl (C=O) groups excluding carboxylic acids is 1. The molecule has 2 unspecified atom stereocenters. The first-order chi connectivity index (χ1) is 6.56. The highest BCUT2D eigenvalue weighted by Gasteiger charge is 2.29. The van der Waals surface area contributed by atoms with Crippen molar-refractivity contribution in [2.45, 2.75) is 19.4 Å². The molecule has 2 atom stereocenters. The molecule has 78 valence electrons. The van der Waals surface area contributed by atoms with E-state index >= 15 is 0 Å². The van der Waals surface area contributed by atoms with Gasteiger partial charge in [0.05, 0.1) is 6.07 Å². The molecular weight excluding hydrogens is 178 g/mol. The molecule has 0 N–H and O–H groups in total. The highest BCUT2D eigenvalue weighted by atomic mass is 16.2. The van der Waals surface area contributed by atoms with Gasteiger partial charge in [-0.15, -0.1) is 0 Å². The number of carbonyl (C=O) groups is 1. The second-order valence-electron chi connectivity index (χ2n) is 4.04. The van der Waals surface area contributed by atoms with Gasteiger partial charge in [0.2, 0.25) is 5.91 Å². The topological polar surface area (TPSA) is 47.3 Å². The summed E-state index contributed by atoms with van der Waals surface area (Å²) in [5.41, 5.74) is 0. The van der Waals surface area contributed by atoms with Crippen molar-refractivity contribution in [2.24, 2.45) is 5.92 Å². The smallest absolute Gasteiger partial charge is 0.239 e. The zero-order valence-electron chi connectivity index (χ0n) is 9.03. The average Bonchev–Trinajstić information content (AvgIpc) is 2.64. The molecule has 0 aromatic rings. The lowest BCUT2D eigenvalue weighted by Crippen LogP contribution is -2.36. The maximum atomic E-state index is 11.6. The fourth-order valence-corrected chi connectivity index (χ4v) is 1.69. The third-order valence-corrected chi connectivity index (χ3v) is 2.77. The molecular formula is C10H17N3O. The summed E-state index contributed by atoms with van der Waals surface area (Å²) in [4.78, 5) is 15.5. The molecule has 4 heteroatoms. The van der Waals surface area contributed by atoms with Crippen LogP contribution in [-0.4, -0.2) is 48.9 Å². The number of likely N-dealkylation sites (tertiary alicyclic amines) is 1. The normalized spacial score (nSPS) is 23.6. The summed E-state index contributed by atoms with van der Waals surface area (Å²) in [7, 11) is 4.04. The Hall–Kier alpha value is -1.08. The van der Waals surface area contributed by atoms with Gasteiger partial charge in [-0.05, 0) is 27.4 Å². The molecule has 0 spiro atoms. The van der Waals surface area contributed by atoms with Crippen molar-refractivity contribution in [1.29, 1.82) is 5.26 Å². The first-order valence-electron chi connectivity index (χ1n) is 4.91. The van der Waals surface area contributed by atoms with Crippen molar-refractivity contribution in [1.82, 2.24) is 9.80 Å². The molecule has 0 aromatic heterocycles. The van der Waals surface area contributed by atoms with E-state index in [9.17, 15) is 4.79 Å². The van der Waals surface area contributed by atoms with Crippen molar-refractivity contribution in [3.63, 3.8) is 0 Å². The molecule has 1 aliphatic rings. The van der Waals surface area contributed by atoms with Gasteiger partial charge in [0, 0.05) is 19.1 Å². The Balaban J connectivity index is 2.51. The summed E-state index contributed by atoms with van der Waals surface area (Å²) in [6, 6.07) is 2.43. The summed E-state index contributed by atoms with van der Waals surface area (Å²) in [5, 5.41) is 8.63. The summed E-state index contributed by atoms with van der Waals surface area (Å²) in [5.74, 6) is -0.534. The van der Waals surface area contributed by atoms with E-state index in [1.807, 2.05) is 20.2 Å². The zero-order chi connectivity index (χ0) is 10.7. The predicted octanol–water partition coefficient (Wildman–Crippen LogP) is 0.309. The van der Waals surface area contributed by atoms with E-state index < -0.39 is 5.92 Å². The molecule has 1 aliphatic heterocycles. The molecule has 0 aromatic carbocycles. The maximum absolute atomic E-state index is 11.6. The van der Waals surface area contributed by atoms with Crippen LogP contribution in [0.3, 0.4) is 0 Å². The number of nitrogens with zero attached hydrogens (tertiary/aromatic N) is 3. The van der Waals surface area contributed by atoms with E-state index in [1.54, 1.807) is 11.8 Å². The minimum atomic E-state index is -0.504. The van der Waals surface area contributed by atoms with Crippen LogP contribution < -0.4 is 0 Å². The Bertz CT molecular complexity index is 257. The second-order valence-corrected chi connectivity index (χ2v) is 4.04. The highest BCUT2D eigenvalue weighted by molar-refractivity contribution is 5.81. The molecule has 0 radical (unpaired) electrons. The van der Waals surface area contributed by atoms with Gasteiger partial charge in [0.1, 0.15) is 5.92 Å². The average molecular weight is 195 g/mol. The van der Waals surface area contributed by atoms with Crippen molar-refractivity contribution in [2.75, 3.05) is 27.2 Å². The van der Waals surface area contributed by atoms with Crippen molar-refractivity contribution < 1.29 is 4.79 Å². The standard InChI is InChI=1S/C10H17N3O/c1-8(6-11)10(14)13-5-4-9(7-13)12(2)3/h8-9H,4-5,7H2,1-3H3. The van der Waals surface area contributed by atoms with Crippen LogP contribution in [0.5, 0.6) is 0 Å². The van der Waals surface area contributed by atoms with Gasteiger partial charge in [0.25, 0.3) is 0 Å². The van der Waals surface area contributed by atoms with E-state index in [1.165, 1.54) is 0 Å². The number of amides is 1. The highest BCUT2D eigenvalue weighted by Crippen LogP contribution is 2.15. The monoisotopic (exact) mass is 195 g/mol. The third-order valence-electron chi connectivity index (χ3n) is 2.77. The number of likely N-dealkylation sites (N-methyl/N-ethyl adjacent to an activating group) is 1. The fraction of sp³-hybridized carbons (Fsp3) is 0.800. The zero-order valence-corrected chi connectivity index (χ0v) is 9.03. The van der Waals surface area contributed by atoms with Gasteiger partial charge >= 0.3 is 0 Å². The quantitative estimate of drug-likeness (QED) is 0.637. The Morgan fingerprint density at radius 3 is 2.71 bits per heavy atom. The minimum absolute atomic E-state index is 0.0307. The summed E-state index contributed by atoms with van der Waals surface area (Å²) < 4.78 is 0. The fourth-order valence-electron chi connectivity index (χ4n) is 1.69. The number of nitriles is 1. The molecule has 0 bridgehead atoms. The SMILES string of the molecule is CC(C#N)C(=O)N1CCC(N(C)C)C1. The van der Waals surface area contributed by atoms with Crippen molar-refractivity contribution >= 4 is 5.91 Å². The largest absolute Gasteiger partial charge is 0.340 e. The van der Waals surface area contributed by atoms with Gasteiger partial charge < -0.3 is 9.80 Å². The van der Waals surface area contributed by atoms with Crippen LogP contribution in [0.25, 0.3) is 0 Å². The molecule has 1 heterocycles. The van der Waals surface area contributed by atoms with E-state index in [-0.39, 0.29) is 5.91 Å². The molecule has 1 fully saturated rings. The van der Waals surface area contributed by atoms with E-state index in [0.717, 1.165) is 19.5 Å². The van der Waals surface area contributed by atoms with Crippen LogP contribution in [0.4, 0.5) is 0 Å². The van der Waals surface area contributed by atoms with Crippen molar-refractivity contribution in [3.8, 4) is 6.07 Å². The van der Waals surface area contributed by atoms with Gasteiger partial charge in [-0.25, -0.2) is 0 Å². The first-order valence-corrected chi connectivity index (χ1v) is 4.91. The van der Waals surface area contributed by atoms with Crippen molar-refractivity contribution in [3.05, 3.63) is 0 Å². The van der Waals surface area contributed by atoms with Gasteiger partial charge in [-0.1, -0.05) is 0 Å². The number of rotatable bonds is 2. The van der Waals surface area contributed by atoms with Crippen LogP contribution in [0, 0.1) is 17.2 Å². The first kappa shape index (κ1) is 11.0.